The molecule has 36 heavy (non-hydrogen) atoms. The van der Waals surface area contributed by atoms with E-state index in [2.05, 4.69) is 9.98 Å². The van der Waals surface area contributed by atoms with Gasteiger partial charge in [-0.3, -0.25) is 18.7 Å². The molecule has 0 aliphatic carbocycles. The Morgan fingerprint density at radius 1 is 0.917 bits per heavy atom. The highest BCUT2D eigenvalue weighted by molar-refractivity contribution is 8.15. The molecule has 0 radical (unpaired) electrons. The average Bonchev–Trinajstić information content (AvgIpc) is 3.21. The number of nitrogens with two attached hydrogens (primary N) is 1. The van der Waals surface area contributed by atoms with Crippen LogP contribution >= 0.6 is 11.8 Å². The Labute approximate surface area is 210 Å². The highest BCUT2D eigenvalue weighted by atomic mass is 32.2. The molecular formula is C26H23N5O4S. The van der Waals surface area contributed by atoms with Crippen LogP contribution in [0.25, 0.3) is 11.0 Å². The van der Waals surface area contributed by atoms with Gasteiger partial charge in [-0.25, -0.2) is 9.78 Å². The van der Waals surface area contributed by atoms with Crippen molar-refractivity contribution < 1.29 is 9.53 Å². The van der Waals surface area contributed by atoms with Gasteiger partial charge in [-0.1, -0.05) is 54.2 Å². The molecule has 4 aromatic rings. The maximum Gasteiger partial charge on any atom is 0.333 e. The van der Waals surface area contributed by atoms with Gasteiger partial charge >= 0.3 is 5.69 Å². The highest BCUT2D eigenvalue weighted by Crippen LogP contribution is 2.24. The number of para-hydroxylation sites is 1. The SMILES string of the molecule is NC1=NC(=O)C(Cc2ccc(Cn3c(=O)n(CCOc4ccccc4)c(=O)c4cccnc43)cc2)S1. The second-order valence-corrected chi connectivity index (χ2v) is 9.50. The van der Waals surface area contributed by atoms with Crippen LogP contribution in [0, 0.1) is 0 Å². The third-order valence-electron chi connectivity index (χ3n) is 5.85. The predicted octanol–water partition coefficient (Wildman–Crippen LogP) is 2.18. The van der Waals surface area contributed by atoms with Crippen LogP contribution in [0.4, 0.5) is 0 Å². The molecule has 0 bridgehead atoms. The Morgan fingerprint density at radius 3 is 2.39 bits per heavy atom. The van der Waals surface area contributed by atoms with Gasteiger partial charge in [0.15, 0.2) is 5.17 Å². The topological polar surface area (TPSA) is 122 Å². The number of amidine groups is 1. The molecule has 0 saturated carbocycles. The minimum absolute atomic E-state index is 0.106. The van der Waals surface area contributed by atoms with Gasteiger partial charge in [0.05, 0.1) is 23.7 Å². The molecule has 9 nitrogen and oxygen atoms in total. The van der Waals surface area contributed by atoms with Gasteiger partial charge in [0.2, 0.25) is 0 Å². The van der Waals surface area contributed by atoms with Crippen LogP contribution in [0.2, 0.25) is 0 Å². The van der Waals surface area contributed by atoms with Crippen LogP contribution in [0.5, 0.6) is 5.75 Å². The zero-order chi connectivity index (χ0) is 25.1. The number of ether oxygens (including phenoxy) is 1. The molecule has 1 atom stereocenters. The summed E-state index contributed by atoms with van der Waals surface area (Å²) in [6.45, 7) is 0.514. The van der Waals surface area contributed by atoms with E-state index in [9.17, 15) is 14.4 Å². The van der Waals surface area contributed by atoms with Gasteiger partial charge in [-0.15, -0.1) is 0 Å². The van der Waals surface area contributed by atoms with Gasteiger partial charge in [-0.2, -0.15) is 4.99 Å². The summed E-state index contributed by atoms with van der Waals surface area (Å²) in [4.78, 5) is 46.4. The lowest BCUT2D eigenvalue weighted by Crippen LogP contribution is -2.41. The molecule has 0 fully saturated rings. The number of hydrogen-bond acceptors (Lipinski definition) is 7. The lowest BCUT2D eigenvalue weighted by molar-refractivity contribution is -0.117. The number of rotatable bonds is 8. The Balaban J connectivity index is 1.39. The van der Waals surface area contributed by atoms with Crippen molar-refractivity contribution in [2.75, 3.05) is 6.61 Å². The largest absolute Gasteiger partial charge is 0.492 e. The van der Waals surface area contributed by atoms with E-state index in [4.69, 9.17) is 10.5 Å². The number of benzene rings is 2. The minimum Gasteiger partial charge on any atom is -0.492 e. The maximum atomic E-state index is 13.4. The van der Waals surface area contributed by atoms with Crippen molar-refractivity contribution in [2.24, 2.45) is 10.7 Å². The number of carbonyl (C=O) groups is 1. The van der Waals surface area contributed by atoms with Crippen LogP contribution in [0.3, 0.4) is 0 Å². The van der Waals surface area contributed by atoms with Crippen LogP contribution in [-0.2, 0) is 24.3 Å². The third-order valence-corrected chi connectivity index (χ3v) is 6.84. The normalized spacial score (nSPS) is 15.3. The van der Waals surface area contributed by atoms with E-state index in [-0.39, 0.29) is 30.9 Å². The summed E-state index contributed by atoms with van der Waals surface area (Å²) in [5.41, 5.74) is 6.95. The molecule has 182 valence electrons. The lowest BCUT2D eigenvalue weighted by atomic mass is 10.1. The Bertz CT molecular complexity index is 1560. The van der Waals surface area contributed by atoms with E-state index in [1.807, 2.05) is 54.6 Å². The van der Waals surface area contributed by atoms with Crippen molar-refractivity contribution in [3.05, 3.63) is 105 Å². The first kappa shape index (κ1) is 23.6. The van der Waals surface area contributed by atoms with Crippen LogP contribution < -0.4 is 21.7 Å². The molecular weight excluding hydrogens is 478 g/mol. The quantitative estimate of drug-likeness (QED) is 0.393. The fourth-order valence-corrected chi connectivity index (χ4v) is 4.93. The van der Waals surface area contributed by atoms with Gasteiger partial charge < -0.3 is 10.5 Å². The number of hydrogen-bond donors (Lipinski definition) is 1. The second-order valence-electron chi connectivity index (χ2n) is 8.28. The number of amides is 1. The summed E-state index contributed by atoms with van der Waals surface area (Å²) in [6.07, 6.45) is 2.08. The summed E-state index contributed by atoms with van der Waals surface area (Å²) >= 11 is 1.27. The van der Waals surface area contributed by atoms with Crippen molar-refractivity contribution in [3.63, 3.8) is 0 Å². The molecule has 5 rings (SSSR count). The average molecular weight is 502 g/mol. The molecule has 1 amide bonds. The van der Waals surface area contributed by atoms with Crippen molar-refractivity contribution >= 4 is 33.9 Å². The Hall–Kier alpha value is -4.18. The highest BCUT2D eigenvalue weighted by Gasteiger charge is 2.27. The molecule has 2 aromatic heterocycles. The van der Waals surface area contributed by atoms with Crippen LogP contribution in [0.1, 0.15) is 11.1 Å². The summed E-state index contributed by atoms with van der Waals surface area (Å²) in [5.74, 6) is 0.449. The monoisotopic (exact) mass is 501 g/mol. The first-order valence-corrected chi connectivity index (χ1v) is 12.3. The van der Waals surface area contributed by atoms with E-state index in [1.54, 1.807) is 18.3 Å². The van der Waals surface area contributed by atoms with Gasteiger partial charge in [0.25, 0.3) is 11.5 Å². The summed E-state index contributed by atoms with van der Waals surface area (Å²) in [5, 5.41) is 0.348. The fourth-order valence-electron chi connectivity index (χ4n) is 4.07. The Kier molecular flexibility index (Phi) is 6.68. The van der Waals surface area contributed by atoms with Crippen molar-refractivity contribution in [1.29, 1.82) is 0 Å². The minimum atomic E-state index is -0.451. The number of aliphatic imine (C=N–C) groups is 1. The molecule has 0 spiro atoms. The zero-order valence-electron chi connectivity index (χ0n) is 19.2. The van der Waals surface area contributed by atoms with E-state index < -0.39 is 11.2 Å². The molecule has 2 N–H and O–H groups in total. The Morgan fingerprint density at radius 2 is 1.67 bits per heavy atom. The first-order valence-electron chi connectivity index (χ1n) is 11.4. The molecule has 1 unspecified atom stereocenters. The molecule has 1 aliphatic rings. The zero-order valence-corrected chi connectivity index (χ0v) is 20.1. The molecule has 1 aliphatic heterocycles. The molecule has 2 aromatic carbocycles. The summed E-state index contributed by atoms with van der Waals surface area (Å²) in [6, 6.07) is 20.2. The summed E-state index contributed by atoms with van der Waals surface area (Å²) in [7, 11) is 0. The van der Waals surface area contributed by atoms with E-state index in [1.165, 1.54) is 20.9 Å². The first-order chi connectivity index (χ1) is 17.5. The summed E-state index contributed by atoms with van der Waals surface area (Å²) < 4.78 is 8.40. The van der Waals surface area contributed by atoms with Crippen molar-refractivity contribution in [1.82, 2.24) is 14.1 Å². The number of carbonyl (C=O) groups excluding carboxylic acids is 1. The van der Waals surface area contributed by atoms with Gasteiger partial charge in [0, 0.05) is 6.20 Å². The van der Waals surface area contributed by atoms with E-state index >= 15 is 0 Å². The van der Waals surface area contributed by atoms with Crippen LogP contribution in [-0.4, -0.2) is 37.0 Å². The lowest BCUT2D eigenvalue weighted by Gasteiger charge is -2.14. The number of pyridine rings is 1. The number of aromatic nitrogens is 3. The standard InChI is InChI=1S/C26H23N5O4S/c27-25-29-23(32)21(36-25)15-17-8-10-18(11-9-17)16-31-22-20(7-4-12-28-22)24(33)30(26(31)34)13-14-35-19-5-2-1-3-6-19/h1-12,21H,13-16H2,(H2,27,29,32). The third kappa shape index (κ3) is 4.94. The second kappa shape index (κ2) is 10.2. The van der Waals surface area contributed by atoms with Gasteiger partial charge in [-0.05, 0) is 41.8 Å². The number of fused-ring (bicyclic) bond motifs is 1. The van der Waals surface area contributed by atoms with Crippen molar-refractivity contribution in [3.8, 4) is 5.75 Å². The number of thioether (sulfide) groups is 1. The maximum absolute atomic E-state index is 13.4. The predicted molar refractivity (Wildman–Crippen MR) is 139 cm³/mol. The fraction of sp³-hybridized carbons (Fsp3) is 0.192. The smallest absolute Gasteiger partial charge is 0.333 e. The number of nitrogens with zero attached hydrogens (tertiary/aromatic N) is 4. The van der Waals surface area contributed by atoms with Gasteiger partial charge in [0.1, 0.15) is 18.0 Å². The molecule has 3 heterocycles. The van der Waals surface area contributed by atoms with Crippen molar-refractivity contribution in [2.45, 2.75) is 24.8 Å². The molecule has 10 heteroatoms. The van der Waals surface area contributed by atoms with E-state index in [0.29, 0.717) is 28.4 Å². The molecule has 0 saturated heterocycles. The van der Waals surface area contributed by atoms with Crippen LogP contribution in [0.15, 0.2) is 87.5 Å². The van der Waals surface area contributed by atoms with E-state index in [0.717, 1.165) is 11.1 Å².